The highest BCUT2D eigenvalue weighted by atomic mass is 32.2. The van der Waals surface area contributed by atoms with Gasteiger partial charge in [-0.15, -0.1) is 0 Å². The maximum Gasteiger partial charge on any atom is 0.358 e. The average Bonchev–Trinajstić information content (AvgIpc) is 2.93. The van der Waals surface area contributed by atoms with E-state index in [2.05, 4.69) is 0 Å². The van der Waals surface area contributed by atoms with Crippen LogP contribution in [0.25, 0.3) is 0 Å². The molecule has 0 aromatic carbocycles. The largest absolute Gasteiger partial charge is 0.616 e. The van der Waals surface area contributed by atoms with Crippen LogP contribution in [-0.2, 0) is 35.0 Å². The molecule has 2 aliphatic heterocycles. The summed E-state index contributed by atoms with van der Waals surface area (Å²) in [4.78, 5) is 38.3. The van der Waals surface area contributed by atoms with E-state index in [1.165, 1.54) is 11.8 Å². The van der Waals surface area contributed by atoms with Crippen molar-refractivity contribution in [2.24, 2.45) is 17.1 Å². The van der Waals surface area contributed by atoms with Crippen molar-refractivity contribution in [3.05, 3.63) is 11.3 Å². The molecule has 3 N–H and O–H groups in total. The molecule has 2 heterocycles. The second kappa shape index (κ2) is 9.03. The third-order valence-corrected chi connectivity index (χ3v) is 6.83. The Morgan fingerprint density at radius 1 is 1.34 bits per heavy atom. The molecule has 164 valence electrons. The van der Waals surface area contributed by atoms with Crippen LogP contribution in [0.5, 0.6) is 0 Å². The molecule has 2 aliphatic rings. The first-order valence-electron chi connectivity index (χ1n) is 9.54. The zero-order valence-electron chi connectivity index (χ0n) is 17.5. The Labute approximate surface area is 173 Å². The highest BCUT2D eigenvalue weighted by molar-refractivity contribution is 7.92. The Morgan fingerprint density at radius 3 is 2.48 bits per heavy atom. The highest BCUT2D eigenvalue weighted by Gasteiger charge is 2.57. The van der Waals surface area contributed by atoms with Gasteiger partial charge in [0.05, 0.1) is 23.5 Å². The van der Waals surface area contributed by atoms with Gasteiger partial charge in [0.2, 0.25) is 12.7 Å². The summed E-state index contributed by atoms with van der Waals surface area (Å²) < 4.78 is 22.5. The van der Waals surface area contributed by atoms with Crippen LogP contribution >= 0.6 is 0 Å². The van der Waals surface area contributed by atoms with Crippen LogP contribution in [0.3, 0.4) is 0 Å². The Morgan fingerprint density at radius 2 is 1.97 bits per heavy atom. The molecule has 5 atom stereocenters. The molecule has 1 amide bonds. The van der Waals surface area contributed by atoms with Crippen molar-refractivity contribution in [1.29, 1.82) is 0 Å². The van der Waals surface area contributed by atoms with E-state index in [1.807, 2.05) is 0 Å². The number of aliphatic hydroxyl groups excluding tert-OH is 1. The summed E-state index contributed by atoms with van der Waals surface area (Å²) in [5.74, 6) is -2.27. The van der Waals surface area contributed by atoms with Gasteiger partial charge >= 0.3 is 11.9 Å². The van der Waals surface area contributed by atoms with E-state index in [1.54, 1.807) is 27.7 Å². The molecular weight excluding hydrogens is 400 g/mol. The van der Waals surface area contributed by atoms with Gasteiger partial charge in [-0.3, -0.25) is 9.59 Å². The van der Waals surface area contributed by atoms with Gasteiger partial charge in [-0.1, -0.05) is 0 Å². The third kappa shape index (κ3) is 4.93. The molecule has 0 aromatic heterocycles. The van der Waals surface area contributed by atoms with E-state index < -0.39 is 47.3 Å². The maximum absolute atomic E-state index is 12.7. The first-order chi connectivity index (χ1) is 13.4. The quantitative estimate of drug-likeness (QED) is 0.238. The van der Waals surface area contributed by atoms with E-state index in [9.17, 15) is 24.0 Å². The SMILES string of the molecule is CC(O)C1C(=O)N2C(C(=O)OCOC(=O)C(C)(C)C)=C(C[S+]([O-])C(C)CN)CC12. The number of aliphatic hydroxyl groups is 1. The van der Waals surface area contributed by atoms with Crippen molar-refractivity contribution < 1.29 is 33.5 Å². The van der Waals surface area contributed by atoms with Gasteiger partial charge in [-0.2, -0.15) is 0 Å². The van der Waals surface area contributed by atoms with Gasteiger partial charge in [-0.25, -0.2) is 4.79 Å². The number of carbonyl (C=O) groups is 3. The monoisotopic (exact) mass is 430 g/mol. The van der Waals surface area contributed by atoms with Crippen LogP contribution in [0, 0.1) is 11.3 Å². The van der Waals surface area contributed by atoms with Crippen LogP contribution < -0.4 is 5.73 Å². The number of β-lactam (4-membered cyclic amide) rings is 1. The number of hydrogen-bond donors (Lipinski definition) is 2. The molecule has 10 heteroatoms. The molecule has 1 saturated heterocycles. The number of nitrogens with two attached hydrogens (primary N) is 1. The number of nitrogens with zero attached hydrogens (tertiary/aromatic N) is 1. The molecule has 2 rings (SSSR count). The maximum atomic E-state index is 12.7. The van der Waals surface area contributed by atoms with Crippen molar-refractivity contribution in [2.75, 3.05) is 19.1 Å². The Balaban J connectivity index is 2.15. The van der Waals surface area contributed by atoms with E-state index in [-0.39, 0.29) is 35.2 Å². The lowest BCUT2D eigenvalue weighted by Crippen LogP contribution is -2.61. The number of rotatable bonds is 8. The predicted molar refractivity (Wildman–Crippen MR) is 105 cm³/mol. The Kier molecular flexibility index (Phi) is 7.37. The van der Waals surface area contributed by atoms with Crippen LogP contribution in [0.1, 0.15) is 41.0 Å². The molecule has 0 spiro atoms. The zero-order valence-corrected chi connectivity index (χ0v) is 18.3. The average molecular weight is 431 g/mol. The molecule has 9 nitrogen and oxygen atoms in total. The fourth-order valence-corrected chi connectivity index (χ4v) is 4.42. The van der Waals surface area contributed by atoms with E-state index >= 15 is 0 Å². The molecule has 0 saturated carbocycles. The van der Waals surface area contributed by atoms with Crippen LogP contribution in [0.15, 0.2) is 11.3 Å². The van der Waals surface area contributed by atoms with Gasteiger partial charge in [-0.05, 0) is 52.2 Å². The molecule has 29 heavy (non-hydrogen) atoms. The third-order valence-electron chi connectivity index (χ3n) is 5.10. The molecule has 0 radical (unpaired) electrons. The summed E-state index contributed by atoms with van der Waals surface area (Å²) in [6.07, 6.45) is -0.530. The van der Waals surface area contributed by atoms with Gasteiger partial charge in [0.1, 0.15) is 16.7 Å². The molecule has 0 aromatic rings. The minimum atomic E-state index is -1.33. The number of ether oxygens (including phenoxy) is 2. The van der Waals surface area contributed by atoms with Crippen molar-refractivity contribution in [3.8, 4) is 0 Å². The second-order valence-electron chi connectivity index (χ2n) is 8.50. The minimum Gasteiger partial charge on any atom is -0.616 e. The van der Waals surface area contributed by atoms with E-state index in [4.69, 9.17) is 15.2 Å². The first-order valence-corrected chi connectivity index (χ1v) is 10.9. The zero-order chi connectivity index (χ0) is 22.1. The van der Waals surface area contributed by atoms with Gasteiger partial charge in [0.25, 0.3) is 0 Å². The van der Waals surface area contributed by atoms with Crippen molar-refractivity contribution in [3.63, 3.8) is 0 Å². The Bertz CT molecular complexity index is 701. The first kappa shape index (κ1) is 23.7. The standard InChI is InChI=1S/C19H30N2O7S/c1-10(7-20)29(26)8-12-6-13-14(11(2)22)16(23)21(13)15(12)17(24)27-9-28-18(25)19(3,4)5/h10-11,13-14,22H,6-9,20H2,1-5H3. The smallest absolute Gasteiger partial charge is 0.358 e. The second-order valence-corrected chi connectivity index (χ2v) is 10.4. The predicted octanol–water partition coefficient (Wildman–Crippen LogP) is 0.0379. The van der Waals surface area contributed by atoms with E-state index in [0.717, 1.165) is 0 Å². The number of amides is 1. The van der Waals surface area contributed by atoms with Crippen LogP contribution in [0.4, 0.5) is 0 Å². The highest BCUT2D eigenvalue weighted by Crippen LogP contribution is 2.44. The number of fused-ring (bicyclic) bond motifs is 1. The summed E-state index contributed by atoms with van der Waals surface area (Å²) in [7, 11) is 0. The molecule has 1 fully saturated rings. The summed E-state index contributed by atoms with van der Waals surface area (Å²) in [6.45, 7) is 7.92. The van der Waals surface area contributed by atoms with Gasteiger partial charge in [0.15, 0.2) is 0 Å². The summed E-state index contributed by atoms with van der Waals surface area (Å²) >= 11 is -1.33. The van der Waals surface area contributed by atoms with Gasteiger partial charge in [0, 0.05) is 12.1 Å². The number of hydrogen-bond acceptors (Lipinski definition) is 8. The van der Waals surface area contributed by atoms with Crippen molar-refractivity contribution in [2.45, 2.75) is 58.4 Å². The number of carbonyl (C=O) groups excluding carboxylic acids is 3. The topological polar surface area (TPSA) is 142 Å². The van der Waals surface area contributed by atoms with E-state index in [0.29, 0.717) is 12.0 Å². The molecule has 5 unspecified atom stereocenters. The van der Waals surface area contributed by atoms with Crippen molar-refractivity contribution >= 4 is 29.0 Å². The van der Waals surface area contributed by atoms with Gasteiger partial charge < -0.3 is 29.8 Å². The van der Waals surface area contributed by atoms with Crippen molar-refractivity contribution in [1.82, 2.24) is 4.90 Å². The fraction of sp³-hybridized carbons (Fsp3) is 0.737. The summed E-state index contributed by atoms with van der Waals surface area (Å²) in [5.41, 5.74) is 5.38. The lowest BCUT2D eigenvalue weighted by molar-refractivity contribution is -0.175. The lowest BCUT2D eigenvalue weighted by Gasteiger charge is -2.44. The minimum absolute atomic E-state index is 0.0290. The Hall–Kier alpha value is -1.62. The number of esters is 2. The summed E-state index contributed by atoms with van der Waals surface area (Å²) in [6, 6.07) is -0.373. The summed E-state index contributed by atoms with van der Waals surface area (Å²) in [5, 5.41) is 9.60. The lowest BCUT2D eigenvalue weighted by atomic mass is 9.83. The molecular formula is C19H30N2O7S. The van der Waals surface area contributed by atoms with Crippen LogP contribution in [-0.4, -0.2) is 68.9 Å². The fourth-order valence-electron chi connectivity index (χ4n) is 3.32. The van der Waals surface area contributed by atoms with Crippen LogP contribution in [0.2, 0.25) is 0 Å². The normalized spacial score (nSPS) is 24.6. The molecule has 0 aliphatic carbocycles. The molecule has 0 bridgehead atoms.